The molecule has 5 rings (SSSR count). The molecule has 0 radical (unpaired) electrons. The molecule has 9 nitrogen and oxygen atoms in total. The fraction of sp³-hybridized carbons (Fsp3) is 0.500. The molecule has 0 aliphatic carbocycles. The molecule has 2 bridgehead atoms. The summed E-state index contributed by atoms with van der Waals surface area (Å²) >= 11 is 0. The van der Waals surface area contributed by atoms with Crippen molar-refractivity contribution >= 4 is 11.6 Å². The zero-order valence-corrected chi connectivity index (χ0v) is 15.4. The number of fused-ring (bicyclic) bond motifs is 3. The standard InChI is InChI=1S/C18H22N6O3/c1-12-17(18(25)21(2)16-11-22-8-6-13(16)7-9-22)19-20-23(12)14-4-3-5-15(10-14)24(26)27/h3-5,10,13,16H,6-9,11H2,1-2H3. The highest BCUT2D eigenvalue weighted by Gasteiger charge is 2.38. The third-order valence-electron chi connectivity index (χ3n) is 5.82. The molecule has 2 aromatic rings. The molecule has 9 heteroatoms. The van der Waals surface area contributed by atoms with Gasteiger partial charge in [0.2, 0.25) is 0 Å². The van der Waals surface area contributed by atoms with Crippen LogP contribution in [0.1, 0.15) is 29.0 Å². The van der Waals surface area contributed by atoms with Crippen LogP contribution in [-0.2, 0) is 0 Å². The van der Waals surface area contributed by atoms with E-state index in [4.69, 9.17) is 0 Å². The summed E-state index contributed by atoms with van der Waals surface area (Å²) in [6.45, 7) is 4.90. The van der Waals surface area contributed by atoms with E-state index < -0.39 is 4.92 Å². The number of carbonyl (C=O) groups excluding carboxylic acids is 1. The Labute approximate surface area is 156 Å². The average molecular weight is 370 g/mol. The first-order valence-electron chi connectivity index (χ1n) is 9.12. The molecule has 4 heterocycles. The van der Waals surface area contributed by atoms with Gasteiger partial charge in [-0.15, -0.1) is 5.10 Å². The van der Waals surface area contributed by atoms with Gasteiger partial charge in [0.1, 0.15) is 0 Å². The summed E-state index contributed by atoms with van der Waals surface area (Å²) in [4.78, 5) is 27.8. The number of hydrogen-bond acceptors (Lipinski definition) is 6. The molecule has 3 fully saturated rings. The Balaban J connectivity index is 1.59. The maximum Gasteiger partial charge on any atom is 0.276 e. The molecule has 27 heavy (non-hydrogen) atoms. The van der Waals surface area contributed by atoms with Gasteiger partial charge in [-0.25, -0.2) is 4.68 Å². The van der Waals surface area contributed by atoms with Crippen molar-refractivity contribution in [3.8, 4) is 5.69 Å². The molecule has 1 atom stereocenters. The molecule has 142 valence electrons. The molecule has 3 saturated heterocycles. The predicted molar refractivity (Wildman–Crippen MR) is 97.8 cm³/mol. The number of nitrogens with zero attached hydrogens (tertiary/aromatic N) is 6. The van der Waals surface area contributed by atoms with E-state index in [1.807, 2.05) is 7.05 Å². The van der Waals surface area contributed by atoms with Gasteiger partial charge in [0.15, 0.2) is 5.69 Å². The smallest absolute Gasteiger partial charge is 0.276 e. The molecule has 1 aromatic heterocycles. The van der Waals surface area contributed by atoms with Crippen LogP contribution in [0.25, 0.3) is 5.69 Å². The van der Waals surface area contributed by atoms with E-state index in [0.29, 0.717) is 23.0 Å². The van der Waals surface area contributed by atoms with Crippen LogP contribution in [0.15, 0.2) is 24.3 Å². The number of amides is 1. The van der Waals surface area contributed by atoms with E-state index in [9.17, 15) is 14.9 Å². The number of piperidine rings is 3. The Morgan fingerprint density at radius 1 is 1.33 bits per heavy atom. The minimum atomic E-state index is -0.455. The number of likely N-dealkylation sites (N-methyl/N-ethyl adjacent to an activating group) is 1. The lowest BCUT2D eigenvalue weighted by Crippen LogP contribution is -2.57. The average Bonchev–Trinajstić information content (AvgIpc) is 3.09. The van der Waals surface area contributed by atoms with E-state index in [0.717, 1.165) is 32.5 Å². The molecule has 1 unspecified atom stereocenters. The summed E-state index contributed by atoms with van der Waals surface area (Å²) in [5.74, 6) is 0.388. The van der Waals surface area contributed by atoms with Gasteiger partial charge < -0.3 is 9.80 Å². The summed E-state index contributed by atoms with van der Waals surface area (Å²) in [6, 6.07) is 6.34. The Kier molecular flexibility index (Phi) is 4.39. The number of nitro benzene ring substituents is 1. The Morgan fingerprint density at radius 3 is 2.70 bits per heavy atom. The monoisotopic (exact) mass is 370 g/mol. The van der Waals surface area contributed by atoms with E-state index in [1.165, 1.54) is 16.8 Å². The van der Waals surface area contributed by atoms with Crippen molar-refractivity contribution in [1.82, 2.24) is 24.8 Å². The van der Waals surface area contributed by atoms with Crippen LogP contribution >= 0.6 is 0 Å². The fourth-order valence-corrected chi connectivity index (χ4v) is 4.20. The number of carbonyl (C=O) groups is 1. The van der Waals surface area contributed by atoms with Gasteiger partial charge in [-0.05, 0) is 44.8 Å². The maximum atomic E-state index is 13.0. The normalized spacial score (nSPS) is 24.0. The van der Waals surface area contributed by atoms with Gasteiger partial charge >= 0.3 is 0 Å². The van der Waals surface area contributed by atoms with Crippen LogP contribution in [0, 0.1) is 23.0 Å². The van der Waals surface area contributed by atoms with Crippen molar-refractivity contribution < 1.29 is 9.72 Å². The number of aromatic nitrogens is 3. The molecular weight excluding hydrogens is 348 g/mol. The molecule has 0 spiro atoms. The summed E-state index contributed by atoms with van der Waals surface area (Å²) in [7, 11) is 1.83. The molecule has 1 aromatic carbocycles. The van der Waals surface area contributed by atoms with E-state index >= 15 is 0 Å². The number of rotatable bonds is 4. The lowest BCUT2D eigenvalue weighted by atomic mass is 9.83. The van der Waals surface area contributed by atoms with Gasteiger partial charge in [-0.2, -0.15) is 0 Å². The lowest BCUT2D eigenvalue weighted by molar-refractivity contribution is -0.384. The van der Waals surface area contributed by atoms with Crippen molar-refractivity contribution in [3.05, 3.63) is 45.8 Å². The van der Waals surface area contributed by atoms with E-state index in [1.54, 1.807) is 24.0 Å². The third kappa shape index (κ3) is 3.08. The number of non-ortho nitro benzene ring substituents is 1. The van der Waals surface area contributed by atoms with Gasteiger partial charge in [-0.1, -0.05) is 11.3 Å². The minimum absolute atomic E-state index is 0.0281. The van der Waals surface area contributed by atoms with Gasteiger partial charge in [0, 0.05) is 31.8 Å². The first kappa shape index (κ1) is 17.6. The molecular formula is C18H22N6O3. The van der Waals surface area contributed by atoms with Crippen LogP contribution < -0.4 is 0 Å². The number of nitro groups is 1. The molecule has 0 saturated carbocycles. The van der Waals surface area contributed by atoms with Crippen molar-refractivity contribution in [3.63, 3.8) is 0 Å². The Hall–Kier alpha value is -2.81. The van der Waals surface area contributed by atoms with Crippen LogP contribution in [0.5, 0.6) is 0 Å². The first-order valence-corrected chi connectivity index (χ1v) is 9.12. The largest absolute Gasteiger partial charge is 0.336 e. The second kappa shape index (κ2) is 6.73. The number of hydrogen-bond donors (Lipinski definition) is 0. The highest BCUT2D eigenvalue weighted by Crippen LogP contribution is 2.31. The number of benzene rings is 1. The van der Waals surface area contributed by atoms with E-state index in [2.05, 4.69) is 15.2 Å². The lowest BCUT2D eigenvalue weighted by Gasteiger charge is -2.47. The van der Waals surface area contributed by atoms with E-state index in [-0.39, 0.29) is 17.6 Å². The molecule has 3 aliphatic heterocycles. The maximum absolute atomic E-state index is 13.0. The SMILES string of the molecule is Cc1c(C(=O)N(C)C2CN3CCC2CC3)nnn1-c1cccc([N+](=O)[O-])c1. The zero-order valence-electron chi connectivity index (χ0n) is 15.4. The second-order valence-electron chi connectivity index (χ2n) is 7.33. The fourth-order valence-electron chi connectivity index (χ4n) is 4.20. The summed E-state index contributed by atoms with van der Waals surface area (Å²) in [5, 5.41) is 19.2. The van der Waals surface area contributed by atoms with Crippen molar-refractivity contribution in [1.29, 1.82) is 0 Å². The van der Waals surface area contributed by atoms with Crippen molar-refractivity contribution in [2.45, 2.75) is 25.8 Å². The first-order chi connectivity index (χ1) is 13.0. The summed E-state index contributed by atoms with van der Waals surface area (Å²) < 4.78 is 1.48. The van der Waals surface area contributed by atoms with Crippen molar-refractivity contribution in [2.75, 3.05) is 26.7 Å². The molecule has 3 aliphatic rings. The van der Waals surface area contributed by atoms with Crippen LogP contribution in [-0.4, -0.2) is 68.3 Å². The molecule has 0 N–H and O–H groups in total. The Bertz CT molecular complexity index is 887. The summed E-state index contributed by atoms with van der Waals surface area (Å²) in [5.41, 5.74) is 1.35. The Morgan fingerprint density at radius 2 is 2.07 bits per heavy atom. The second-order valence-corrected chi connectivity index (χ2v) is 7.33. The minimum Gasteiger partial charge on any atom is -0.336 e. The quantitative estimate of drug-likeness (QED) is 0.600. The van der Waals surface area contributed by atoms with Crippen LogP contribution in [0.4, 0.5) is 5.69 Å². The van der Waals surface area contributed by atoms with Crippen molar-refractivity contribution in [2.24, 2.45) is 5.92 Å². The zero-order chi connectivity index (χ0) is 19.1. The summed E-state index contributed by atoms with van der Waals surface area (Å²) in [6.07, 6.45) is 2.25. The van der Waals surface area contributed by atoms with Gasteiger partial charge in [0.05, 0.1) is 16.3 Å². The van der Waals surface area contributed by atoms with Crippen LogP contribution in [0.3, 0.4) is 0 Å². The van der Waals surface area contributed by atoms with Gasteiger partial charge in [-0.3, -0.25) is 14.9 Å². The van der Waals surface area contributed by atoms with Crippen LogP contribution in [0.2, 0.25) is 0 Å². The highest BCUT2D eigenvalue weighted by atomic mass is 16.6. The third-order valence-corrected chi connectivity index (χ3v) is 5.82. The topological polar surface area (TPSA) is 97.4 Å². The predicted octanol–water partition coefficient (Wildman–Crippen LogP) is 1.65. The van der Waals surface area contributed by atoms with Gasteiger partial charge in [0.25, 0.3) is 11.6 Å². The highest BCUT2D eigenvalue weighted by molar-refractivity contribution is 5.93. The molecule has 1 amide bonds.